The molecule has 0 bridgehead atoms. The van der Waals surface area contributed by atoms with Gasteiger partial charge in [-0.2, -0.15) is 13.2 Å². The number of nitrogens with one attached hydrogen (secondary N) is 1. The highest BCUT2D eigenvalue weighted by molar-refractivity contribution is 6.33. The van der Waals surface area contributed by atoms with Gasteiger partial charge >= 0.3 is 6.18 Å². The molecule has 90 valence electrons. The maximum absolute atomic E-state index is 12.3. The minimum absolute atomic E-state index is 0.0927. The highest BCUT2D eigenvalue weighted by Crippen LogP contribution is 2.33. The molecule has 0 radical (unpaired) electrons. The molecule has 5 heteroatoms. The maximum atomic E-state index is 12.3. The van der Waals surface area contributed by atoms with Crippen LogP contribution in [0.2, 0.25) is 5.02 Å². The van der Waals surface area contributed by atoms with Crippen molar-refractivity contribution in [2.45, 2.75) is 32.5 Å². The number of anilines is 1. The normalized spacial score (nSPS) is 13.6. The summed E-state index contributed by atoms with van der Waals surface area (Å²) in [4.78, 5) is 0. The van der Waals surface area contributed by atoms with Crippen molar-refractivity contribution in [2.75, 3.05) is 5.32 Å². The second-order valence-electron chi connectivity index (χ2n) is 3.65. The average molecular weight is 252 g/mol. The molecule has 0 aliphatic rings. The molecule has 0 amide bonds. The molecule has 0 aromatic heterocycles. The van der Waals surface area contributed by atoms with Crippen molar-refractivity contribution in [3.8, 4) is 0 Å². The van der Waals surface area contributed by atoms with Crippen LogP contribution in [0, 0.1) is 0 Å². The first kappa shape index (κ1) is 13.2. The fourth-order valence-electron chi connectivity index (χ4n) is 1.18. The molecule has 1 aromatic carbocycles. The van der Waals surface area contributed by atoms with E-state index in [9.17, 15) is 13.2 Å². The number of alkyl halides is 3. The molecule has 0 heterocycles. The van der Waals surface area contributed by atoms with Crippen LogP contribution in [0.4, 0.5) is 18.9 Å². The molecule has 0 aliphatic carbocycles. The Kier molecular flexibility index (Phi) is 4.08. The zero-order valence-corrected chi connectivity index (χ0v) is 9.78. The lowest BCUT2D eigenvalue weighted by Crippen LogP contribution is -2.14. The summed E-state index contributed by atoms with van der Waals surface area (Å²) in [6, 6.07) is 3.49. The van der Waals surface area contributed by atoms with Crippen LogP contribution in [-0.2, 0) is 6.18 Å². The molecule has 1 N–H and O–H groups in total. The van der Waals surface area contributed by atoms with E-state index < -0.39 is 11.7 Å². The molecule has 1 unspecified atom stereocenters. The third-order valence-corrected chi connectivity index (χ3v) is 2.62. The number of rotatable bonds is 3. The van der Waals surface area contributed by atoms with Crippen LogP contribution in [0.15, 0.2) is 18.2 Å². The molecule has 0 spiro atoms. The first-order valence-electron chi connectivity index (χ1n) is 4.98. The monoisotopic (exact) mass is 251 g/mol. The molecular formula is C11H13ClF3N. The summed E-state index contributed by atoms with van der Waals surface area (Å²) in [6.45, 7) is 3.92. The third kappa shape index (κ3) is 3.30. The Bertz CT molecular complexity index is 363. The van der Waals surface area contributed by atoms with Crippen LogP contribution >= 0.6 is 11.6 Å². The van der Waals surface area contributed by atoms with Gasteiger partial charge in [0, 0.05) is 6.04 Å². The van der Waals surface area contributed by atoms with Gasteiger partial charge in [-0.05, 0) is 31.5 Å². The molecular weight excluding hydrogens is 239 g/mol. The van der Waals surface area contributed by atoms with E-state index in [1.54, 1.807) is 0 Å². The molecule has 0 fully saturated rings. The molecule has 0 saturated heterocycles. The lowest BCUT2D eigenvalue weighted by atomic mass is 10.1. The van der Waals surface area contributed by atoms with E-state index in [4.69, 9.17) is 11.6 Å². The van der Waals surface area contributed by atoms with Crippen molar-refractivity contribution in [2.24, 2.45) is 0 Å². The Morgan fingerprint density at radius 1 is 1.38 bits per heavy atom. The lowest BCUT2D eigenvalue weighted by molar-refractivity contribution is -0.137. The van der Waals surface area contributed by atoms with Crippen LogP contribution in [0.1, 0.15) is 25.8 Å². The van der Waals surface area contributed by atoms with Crippen molar-refractivity contribution in [1.29, 1.82) is 0 Å². The first-order chi connectivity index (χ1) is 7.34. The van der Waals surface area contributed by atoms with Crippen LogP contribution in [0.25, 0.3) is 0 Å². The zero-order chi connectivity index (χ0) is 12.3. The topological polar surface area (TPSA) is 12.0 Å². The molecule has 0 aliphatic heterocycles. The summed E-state index contributed by atoms with van der Waals surface area (Å²) in [5.41, 5.74) is -0.198. The number of halogens is 4. The molecule has 1 rings (SSSR count). The largest absolute Gasteiger partial charge is 0.416 e. The second kappa shape index (κ2) is 4.95. The van der Waals surface area contributed by atoms with Gasteiger partial charge in [-0.1, -0.05) is 18.5 Å². The quantitative estimate of drug-likeness (QED) is 0.830. The summed E-state index contributed by atoms with van der Waals surface area (Å²) in [5.74, 6) is 0. The lowest BCUT2D eigenvalue weighted by Gasteiger charge is -2.15. The summed E-state index contributed by atoms with van der Waals surface area (Å²) in [7, 11) is 0. The van der Waals surface area contributed by atoms with E-state index in [-0.39, 0.29) is 11.1 Å². The fraction of sp³-hybridized carbons (Fsp3) is 0.455. The third-order valence-electron chi connectivity index (χ3n) is 2.31. The van der Waals surface area contributed by atoms with Gasteiger partial charge in [0.1, 0.15) is 0 Å². The van der Waals surface area contributed by atoms with Gasteiger partial charge < -0.3 is 5.32 Å². The highest BCUT2D eigenvalue weighted by atomic mass is 35.5. The number of benzene rings is 1. The van der Waals surface area contributed by atoms with Gasteiger partial charge in [0.05, 0.1) is 16.3 Å². The van der Waals surface area contributed by atoms with Crippen molar-refractivity contribution in [3.63, 3.8) is 0 Å². The summed E-state index contributed by atoms with van der Waals surface area (Å²) in [6.07, 6.45) is -3.48. The zero-order valence-electron chi connectivity index (χ0n) is 9.03. The van der Waals surface area contributed by atoms with Crippen LogP contribution in [0.3, 0.4) is 0 Å². The molecule has 16 heavy (non-hydrogen) atoms. The van der Waals surface area contributed by atoms with Crippen molar-refractivity contribution in [1.82, 2.24) is 0 Å². The van der Waals surface area contributed by atoms with Gasteiger partial charge in [0.25, 0.3) is 0 Å². The van der Waals surface area contributed by atoms with E-state index in [2.05, 4.69) is 5.32 Å². The van der Waals surface area contributed by atoms with E-state index in [1.807, 2.05) is 13.8 Å². The Labute approximate surface area is 97.6 Å². The highest BCUT2D eigenvalue weighted by Gasteiger charge is 2.30. The predicted molar refractivity (Wildman–Crippen MR) is 59.8 cm³/mol. The Balaban J connectivity index is 2.92. The fourth-order valence-corrected chi connectivity index (χ4v) is 1.41. The van der Waals surface area contributed by atoms with E-state index in [0.29, 0.717) is 5.69 Å². The molecule has 0 saturated carbocycles. The minimum atomic E-state index is -4.35. The Hall–Kier alpha value is -0.900. The minimum Gasteiger partial charge on any atom is -0.381 e. The van der Waals surface area contributed by atoms with Gasteiger partial charge in [0.15, 0.2) is 0 Å². The van der Waals surface area contributed by atoms with Gasteiger partial charge in [-0.25, -0.2) is 0 Å². The van der Waals surface area contributed by atoms with Crippen molar-refractivity contribution in [3.05, 3.63) is 28.8 Å². The second-order valence-corrected chi connectivity index (χ2v) is 4.05. The van der Waals surface area contributed by atoms with E-state index >= 15 is 0 Å². The van der Waals surface area contributed by atoms with Crippen LogP contribution in [-0.4, -0.2) is 6.04 Å². The smallest absolute Gasteiger partial charge is 0.381 e. The Morgan fingerprint density at radius 2 is 2.00 bits per heavy atom. The maximum Gasteiger partial charge on any atom is 0.416 e. The average Bonchev–Trinajstić information content (AvgIpc) is 2.19. The Morgan fingerprint density at radius 3 is 2.44 bits per heavy atom. The summed E-state index contributed by atoms with van der Waals surface area (Å²) < 4.78 is 37.0. The number of hydrogen-bond acceptors (Lipinski definition) is 1. The summed E-state index contributed by atoms with van der Waals surface area (Å²) in [5, 5.41) is 3.13. The van der Waals surface area contributed by atoms with Crippen LogP contribution < -0.4 is 5.32 Å². The van der Waals surface area contributed by atoms with Crippen molar-refractivity contribution >= 4 is 17.3 Å². The SMILES string of the molecule is CCC(C)Nc1ccc(C(F)(F)F)cc1Cl. The van der Waals surface area contributed by atoms with Gasteiger partial charge in [0.2, 0.25) is 0 Å². The van der Waals surface area contributed by atoms with E-state index in [1.165, 1.54) is 6.07 Å². The predicted octanol–water partition coefficient (Wildman–Crippen LogP) is 4.57. The van der Waals surface area contributed by atoms with Gasteiger partial charge in [-0.15, -0.1) is 0 Å². The van der Waals surface area contributed by atoms with Gasteiger partial charge in [-0.3, -0.25) is 0 Å². The van der Waals surface area contributed by atoms with Crippen molar-refractivity contribution < 1.29 is 13.2 Å². The molecule has 1 aromatic rings. The summed E-state index contributed by atoms with van der Waals surface area (Å²) >= 11 is 5.77. The standard InChI is InChI=1S/C11H13ClF3N/c1-3-7(2)16-10-5-4-8(6-9(10)12)11(13,14)15/h4-7,16H,3H2,1-2H3. The number of hydrogen-bond donors (Lipinski definition) is 1. The van der Waals surface area contributed by atoms with Crippen LogP contribution in [0.5, 0.6) is 0 Å². The first-order valence-corrected chi connectivity index (χ1v) is 5.35. The van der Waals surface area contributed by atoms with E-state index in [0.717, 1.165) is 18.6 Å². The molecule has 1 nitrogen and oxygen atoms in total. The molecule has 1 atom stereocenters.